The third kappa shape index (κ3) is 2.38. The predicted molar refractivity (Wildman–Crippen MR) is 86.7 cm³/mol. The van der Waals surface area contributed by atoms with Crippen molar-refractivity contribution in [1.29, 1.82) is 0 Å². The van der Waals surface area contributed by atoms with E-state index in [4.69, 9.17) is 4.74 Å². The van der Waals surface area contributed by atoms with Crippen molar-refractivity contribution in [3.05, 3.63) is 52.6 Å². The van der Waals surface area contributed by atoms with Crippen LogP contribution in [0, 0.1) is 0 Å². The largest absolute Gasteiger partial charge is 0.493 e. The molecule has 2 aromatic carbocycles. The van der Waals surface area contributed by atoms with Crippen LogP contribution >= 0.6 is 15.9 Å². The molecular weight excluding hydrogens is 330 g/mol. The Balaban J connectivity index is 1.67. The second kappa shape index (κ2) is 5.07. The van der Waals surface area contributed by atoms with Crippen LogP contribution in [0.25, 0.3) is 10.9 Å². The number of aromatic amines is 1. The van der Waals surface area contributed by atoms with E-state index in [9.17, 15) is 0 Å². The van der Waals surface area contributed by atoms with Gasteiger partial charge in [0, 0.05) is 27.5 Å². The molecule has 0 fully saturated rings. The summed E-state index contributed by atoms with van der Waals surface area (Å²) in [5.74, 6) is 0.964. The number of nitrogens with zero attached hydrogens (tertiary/aromatic N) is 1. The minimum atomic E-state index is 0.260. The van der Waals surface area contributed by atoms with Crippen LogP contribution in [0.4, 0.5) is 5.69 Å². The minimum absolute atomic E-state index is 0.260. The third-order valence-corrected chi connectivity index (χ3v) is 4.29. The zero-order valence-corrected chi connectivity index (χ0v) is 12.9. The van der Waals surface area contributed by atoms with Crippen molar-refractivity contribution in [1.82, 2.24) is 10.2 Å². The number of aromatic nitrogens is 2. The van der Waals surface area contributed by atoms with Gasteiger partial charge in [0.2, 0.25) is 0 Å². The van der Waals surface area contributed by atoms with E-state index in [0.717, 1.165) is 39.8 Å². The molecule has 0 aliphatic carbocycles. The summed E-state index contributed by atoms with van der Waals surface area (Å²) in [6, 6.07) is 12.7. The third-order valence-electron chi connectivity index (χ3n) is 3.79. The maximum Gasteiger partial charge on any atom is 0.124 e. The summed E-state index contributed by atoms with van der Waals surface area (Å²) in [7, 11) is 0. The number of nitrogens with one attached hydrogen (secondary N) is 2. The summed E-state index contributed by atoms with van der Waals surface area (Å²) in [5.41, 5.74) is 3.35. The zero-order valence-electron chi connectivity index (χ0n) is 11.3. The Bertz CT molecular complexity index is 799. The van der Waals surface area contributed by atoms with Crippen molar-refractivity contribution in [2.45, 2.75) is 12.5 Å². The second-order valence-electron chi connectivity index (χ2n) is 5.19. The highest BCUT2D eigenvalue weighted by Gasteiger charge is 2.21. The molecule has 0 amide bonds. The standard InChI is InChI=1S/C16H14BrN3O/c17-11-1-4-16-13(8-11)15(5-6-21-16)19-12-2-3-14-10(7-12)9-18-20-14/h1-4,7-9,15,19H,5-6H2,(H,18,20). The lowest BCUT2D eigenvalue weighted by atomic mass is 10.00. The molecule has 3 aromatic rings. The highest BCUT2D eigenvalue weighted by molar-refractivity contribution is 9.10. The number of hydrogen-bond donors (Lipinski definition) is 2. The van der Waals surface area contributed by atoms with Crippen molar-refractivity contribution in [2.75, 3.05) is 11.9 Å². The lowest BCUT2D eigenvalue weighted by Crippen LogP contribution is -2.20. The fourth-order valence-corrected chi connectivity index (χ4v) is 3.13. The van der Waals surface area contributed by atoms with Crippen LogP contribution in [0.3, 0.4) is 0 Å². The van der Waals surface area contributed by atoms with Crippen molar-refractivity contribution >= 4 is 32.5 Å². The molecule has 5 heteroatoms. The lowest BCUT2D eigenvalue weighted by Gasteiger charge is -2.27. The normalized spacial score (nSPS) is 17.3. The number of fused-ring (bicyclic) bond motifs is 2. The van der Waals surface area contributed by atoms with Gasteiger partial charge in [-0.3, -0.25) is 5.10 Å². The zero-order chi connectivity index (χ0) is 14.2. The Kier molecular flexibility index (Phi) is 3.07. The molecule has 2 heterocycles. The van der Waals surface area contributed by atoms with Gasteiger partial charge < -0.3 is 10.1 Å². The van der Waals surface area contributed by atoms with Gasteiger partial charge in [0.25, 0.3) is 0 Å². The van der Waals surface area contributed by atoms with E-state index < -0.39 is 0 Å². The van der Waals surface area contributed by atoms with E-state index in [1.165, 1.54) is 5.56 Å². The van der Waals surface area contributed by atoms with Crippen molar-refractivity contribution in [2.24, 2.45) is 0 Å². The number of hydrogen-bond acceptors (Lipinski definition) is 3. The van der Waals surface area contributed by atoms with Crippen LogP contribution in [-0.2, 0) is 0 Å². The Labute approximate surface area is 130 Å². The van der Waals surface area contributed by atoms with E-state index in [2.05, 4.69) is 49.6 Å². The Morgan fingerprint density at radius 2 is 2.19 bits per heavy atom. The maximum atomic E-state index is 5.73. The molecule has 0 spiro atoms. The number of rotatable bonds is 2. The number of ether oxygens (including phenoxy) is 1. The average Bonchev–Trinajstić information content (AvgIpc) is 2.95. The summed E-state index contributed by atoms with van der Waals surface area (Å²) in [6.45, 7) is 0.736. The van der Waals surface area contributed by atoms with Crippen LogP contribution in [0.15, 0.2) is 47.1 Å². The summed E-state index contributed by atoms with van der Waals surface area (Å²) in [6.07, 6.45) is 2.79. The first-order chi connectivity index (χ1) is 10.3. The van der Waals surface area contributed by atoms with Gasteiger partial charge in [0.05, 0.1) is 24.4 Å². The van der Waals surface area contributed by atoms with Gasteiger partial charge in [0.15, 0.2) is 0 Å². The highest BCUT2D eigenvalue weighted by Crippen LogP contribution is 2.36. The molecule has 1 aromatic heterocycles. The van der Waals surface area contributed by atoms with Gasteiger partial charge in [-0.15, -0.1) is 0 Å². The first-order valence-corrected chi connectivity index (χ1v) is 7.71. The number of H-pyrrole nitrogens is 1. The topological polar surface area (TPSA) is 49.9 Å². The summed E-state index contributed by atoms with van der Waals surface area (Å²) >= 11 is 3.53. The van der Waals surface area contributed by atoms with Crippen molar-refractivity contribution in [3.8, 4) is 5.75 Å². The van der Waals surface area contributed by atoms with Gasteiger partial charge in [-0.05, 0) is 36.4 Å². The molecule has 1 unspecified atom stereocenters. The fourth-order valence-electron chi connectivity index (χ4n) is 2.75. The van der Waals surface area contributed by atoms with Gasteiger partial charge in [-0.2, -0.15) is 5.10 Å². The molecule has 0 bridgehead atoms. The molecule has 1 atom stereocenters. The highest BCUT2D eigenvalue weighted by atomic mass is 79.9. The number of anilines is 1. The smallest absolute Gasteiger partial charge is 0.124 e. The van der Waals surface area contributed by atoms with Gasteiger partial charge in [-0.1, -0.05) is 15.9 Å². The molecule has 4 nitrogen and oxygen atoms in total. The fraction of sp³-hybridized carbons (Fsp3) is 0.188. The van der Waals surface area contributed by atoms with Crippen LogP contribution < -0.4 is 10.1 Å². The Morgan fingerprint density at radius 1 is 1.24 bits per heavy atom. The molecule has 4 rings (SSSR count). The average molecular weight is 344 g/mol. The Morgan fingerprint density at radius 3 is 3.14 bits per heavy atom. The van der Waals surface area contributed by atoms with Crippen molar-refractivity contribution < 1.29 is 4.74 Å². The molecule has 1 aliphatic rings. The molecule has 21 heavy (non-hydrogen) atoms. The van der Waals surface area contributed by atoms with E-state index in [-0.39, 0.29) is 6.04 Å². The molecule has 2 N–H and O–H groups in total. The Hall–Kier alpha value is -2.01. The first kappa shape index (κ1) is 12.7. The minimum Gasteiger partial charge on any atom is -0.493 e. The van der Waals surface area contributed by atoms with Gasteiger partial charge in [-0.25, -0.2) is 0 Å². The quantitative estimate of drug-likeness (QED) is 0.730. The maximum absolute atomic E-state index is 5.73. The van der Waals surface area contributed by atoms with Crippen molar-refractivity contribution in [3.63, 3.8) is 0 Å². The molecule has 0 radical (unpaired) electrons. The number of halogens is 1. The van der Waals surface area contributed by atoms with Crippen LogP contribution in [0.5, 0.6) is 5.75 Å². The molecule has 1 aliphatic heterocycles. The van der Waals surface area contributed by atoms with Crippen LogP contribution in [0.2, 0.25) is 0 Å². The molecular formula is C16H14BrN3O. The molecule has 106 valence electrons. The monoisotopic (exact) mass is 343 g/mol. The first-order valence-electron chi connectivity index (χ1n) is 6.91. The molecule has 0 saturated heterocycles. The summed E-state index contributed by atoms with van der Waals surface area (Å²) < 4.78 is 6.80. The summed E-state index contributed by atoms with van der Waals surface area (Å²) in [5, 5.41) is 11.7. The summed E-state index contributed by atoms with van der Waals surface area (Å²) in [4.78, 5) is 0. The lowest BCUT2D eigenvalue weighted by molar-refractivity contribution is 0.274. The van der Waals surface area contributed by atoms with Crippen LogP contribution in [-0.4, -0.2) is 16.8 Å². The van der Waals surface area contributed by atoms with Crippen LogP contribution in [0.1, 0.15) is 18.0 Å². The van der Waals surface area contributed by atoms with E-state index in [0.29, 0.717) is 0 Å². The van der Waals surface area contributed by atoms with E-state index in [1.807, 2.05) is 24.4 Å². The van der Waals surface area contributed by atoms with E-state index in [1.54, 1.807) is 0 Å². The van der Waals surface area contributed by atoms with E-state index >= 15 is 0 Å². The van der Waals surface area contributed by atoms with Gasteiger partial charge >= 0.3 is 0 Å². The van der Waals surface area contributed by atoms with Gasteiger partial charge in [0.1, 0.15) is 5.75 Å². The predicted octanol–water partition coefficient (Wildman–Crippen LogP) is 4.26. The second-order valence-corrected chi connectivity index (χ2v) is 6.10. The SMILES string of the molecule is Brc1ccc2c(c1)C(Nc1ccc3[nH]ncc3c1)CCO2. The molecule has 0 saturated carbocycles. The number of benzene rings is 2.